The van der Waals surface area contributed by atoms with Crippen molar-refractivity contribution >= 4 is 11.6 Å². The van der Waals surface area contributed by atoms with Crippen LogP contribution in [-0.2, 0) is 19.4 Å². The maximum absolute atomic E-state index is 12.6. The summed E-state index contributed by atoms with van der Waals surface area (Å²) in [6.45, 7) is 0.146. The second-order valence-electron chi connectivity index (χ2n) is 6.77. The number of nitriles is 1. The number of carbonyl (C=O) groups excluding carboxylic acids is 1. The predicted octanol–water partition coefficient (Wildman–Crippen LogP) is 4.86. The normalized spacial score (nSPS) is 12.7. The Balaban J connectivity index is 1.43. The first-order valence-electron chi connectivity index (χ1n) is 9.37. The van der Waals surface area contributed by atoms with Crippen LogP contribution in [0.5, 0.6) is 5.75 Å². The number of hydrogen-bond acceptors (Lipinski definition) is 4. The molecule has 0 spiro atoms. The molecule has 5 heteroatoms. The fraction of sp³-hybridized carbons (Fsp3) is 0.217. The zero-order valence-corrected chi connectivity index (χ0v) is 15.4. The van der Waals surface area contributed by atoms with E-state index in [4.69, 9.17) is 14.4 Å². The Morgan fingerprint density at radius 1 is 1.07 bits per heavy atom. The lowest BCUT2D eigenvalue weighted by Gasteiger charge is -2.19. The topological polar surface area (TPSA) is 75.3 Å². The lowest BCUT2D eigenvalue weighted by molar-refractivity contribution is 0.0992. The lowest BCUT2D eigenvalue weighted by atomic mass is 9.90. The molecule has 4 rings (SSSR count). The molecule has 1 aromatic heterocycles. The number of aryl methyl sites for hydroxylation is 1. The molecule has 1 N–H and O–H groups in total. The van der Waals surface area contributed by atoms with Gasteiger partial charge in [0.25, 0.3) is 5.91 Å². The molecule has 1 amide bonds. The van der Waals surface area contributed by atoms with E-state index in [1.165, 1.54) is 17.5 Å². The summed E-state index contributed by atoms with van der Waals surface area (Å²) in [5.74, 6) is 0.972. The minimum atomic E-state index is -0.275. The molecule has 28 heavy (non-hydrogen) atoms. The molecule has 0 saturated heterocycles. The fourth-order valence-corrected chi connectivity index (χ4v) is 3.49. The molecule has 1 aliphatic carbocycles. The molecule has 140 valence electrons. The van der Waals surface area contributed by atoms with Crippen molar-refractivity contribution in [3.8, 4) is 11.8 Å². The van der Waals surface area contributed by atoms with Crippen LogP contribution in [0.25, 0.3) is 0 Å². The summed E-state index contributed by atoms with van der Waals surface area (Å²) in [6, 6.07) is 18.5. The van der Waals surface area contributed by atoms with Crippen molar-refractivity contribution in [1.82, 2.24) is 0 Å². The number of rotatable bonds is 5. The van der Waals surface area contributed by atoms with Crippen LogP contribution in [0.2, 0.25) is 0 Å². The SMILES string of the molecule is N#Cc1ccccc1OCc1ccc(C(=O)Nc2cccc3c2CCCC3)o1. The van der Waals surface area contributed by atoms with Gasteiger partial charge in [-0.2, -0.15) is 5.26 Å². The van der Waals surface area contributed by atoms with Crippen LogP contribution in [0.4, 0.5) is 5.69 Å². The Labute approximate surface area is 163 Å². The van der Waals surface area contributed by atoms with Crippen molar-refractivity contribution in [2.45, 2.75) is 32.3 Å². The van der Waals surface area contributed by atoms with Gasteiger partial charge in [-0.15, -0.1) is 0 Å². The standard InChI is InChI=1S/C23H20N2O3/c24-14-17-7-2-4-11-21(17)27-15-18-12-13-22(28-18)23(26)25-20-10-5-8-16-6-1-3-9-19(16)20/h2,4-5,7-8,10-13H,1,3,6,9,15H2,(H,25,26). The summed E-state index contributed by atoms with van der Waals surface area (Å²) in [6.07, 6.45) is 4.39. The molecule has 1 aliphatic rings. The van der Waals surface area contributed by atoms with Gasteiger partial charge >= 0.3 is 0 Å². The maximum atomic E-state index is 12.6. The summed E-state index contributed by atoms with van der Waals surface area (Å²) in [4.78, 5) is 12.6. The van der Waals surface area contributed by atoms with Crippen molar-refractivity contribution in [2.24, 2.45) is 0 Å². The van der Waals surface area contributed by atoms with Gasteiger partial charge < -0.3 is 14.5 Å². The van der Waals surface area contributed by atoms with Gasteiger partial charge in [0.2, 0.25) is 0 Å². The van der Waals surface area contributed by atoms with Gasteiger partial charge in [0.05, 0.1) is 5.56 Å². The molecule has 0 fully saturated rings. The number of ether oxygens (including phenoxy) is 1. The van der Waals surface area contributed by atoms with Gasteiger partial charge in [-0.25, -0.2) is 0 Å². The molecule has 0 saturated carbocycles. The number of carbonyl (C=O) groups is 1. The van der Waals surface area contributed by atoms with Gasteiger partial charge in [-0.3, -0.25) is 4.79 Å². The van der Waals surface area contributed by atoms with Crippen molar-refractivity contribution < 1.29 is 13.9 Å². The van der Waals surface area contributed by atoms with Crippen molar-refractivity contribution in [1.29, 1.82) is 5.26 Å². The summed E-state index contributed by atoms with van der Waals surface area (Å²) >= 11 is 0. The van der Waals surface area contributed by atoms with Gasteiger partial charge in [0.15, 0.2) is 5.76 Å². The number of fused-ring (bicyclic) bond motifs is 1. The van der Waals surface area contributed by atoms with E-state index in [0.717, 1.165) is 24.9 Å². The molecule has 5 nitrogen and oxygen atoms in total. The number of amides is 1. The minimum Gasteiger partial charge on any atom is -0.484 e. The highest BCUT2D eigenvalue weighted by molar-refractivity contribution is 6.02. The smallest absolute Gasteiger partial charge is 0.291 e. The monoisotopic (exact) mass is 372 g/mol. The van der Waals surface area contributed by atoms with Crippen LogP contribution in [0.15, 0.2) is 59.0 Å². The average molecular weight is 372 g/mol. The van der Waals surface area contributed by atoms with E-state index in [0.29, 0.717) is 17.1 Å². The van der Waals surface area contributed by atoms with Gasteiger partial charge in [-0.1, -0.05) is 24.3 Å². The number of nitrogens with one attached hydrogen (secondary N) is 1. The Morgan fingerprint density at radius 3 is 2.82 bits per heavy atom. The van der Waals surface area contributed by atoms with E-state index in [9.17, 15) is 4.79 Å². The molecule has 3 aromatic rings. The highest BCUT2D eigenvalue weighted by atomic mass is 16.5. The van der Waals surface area contributed by atoms with Crippen LogP contribution in [-0.4, -0.2) is 5.91 Å². The minimum absolute atomic E-state index is 0.146. The third kappa shape index (κ3) is 3.77. The molecule has 2 aromatic carbocycles. The number of anilines is 1. The fourth-order valence-electron chi connectivity index (χ4n) is 3.49. The van der Waals surface area contributed by atoms with Crippen molar-refractivity contribution in [3.05, 3.63) is 82.8 Å². The maximum Gasteiger partial charge on any atom is 0.291 e. The Morgan fingerprint density at radius 2 is 1.93 bits per heavy atom. The zero-order valence-electron chi connectivity index (χ0n) is 15.4. The molecule has 0 aliphatic heterocycles. The van der Waals surface area contributed by atoms with E-state index in [1.807, 2.05) is 12.1 Å². The summed E-state index contributed by atoms with van der Waals surface area (Å²) in [7, 11) is 0. The van der Waals surface area contributed by atoms with E-state index < -0.39 is 0 Å². The first-order valence-corrected chi connectivity index (χ1v) is 9.37. The summed E-state index contributed by atoms with van der Waals surface area (Å²) < 4.78 is 11.3. The second-order valence-corrected chi connectivity index (χ2v) is 6.77. The average Bonchev–Trinajstić information content (AvgIpc) is 3.22. The third-order valence-corrected chi connectivity index (χ3v) is 4.91. The number of nitrogens with zero attached hydrogens (tertiary/aromatic N) is 1. The number of hydrogen-bond donors (Lipinski definition) is 1. The Hall–Kier alpha value is -3.52. The van der Waals surface area contributed by atoms with Gasteiger partial charge in [0, 0.05) is 5.69 Å². The molecule has 0 unspecified atom stereocenters. The Bertz CT molecular complexity index is 1050. The first-order chi connectivity index (χ1) is 13.7. The Kier molecular flexibility index (Phi) is 5.11. The number of para-hydroxylation sites is 1. The molecule has 0 bridgehead atoms. The molecule has 0 radical (unpaired) electrons. The molecular formula is C23H20N2O3. The largest absolute Gasteiger partial charge is 0.484 e. The zero-order chi connectivity index (χ0) is 19.3. The van der Waals surface area contributed by atoms with Crippen LogP contribution >= 0.6 is 0 Å². The molecular weight excluding hydrogens is 352 g/mol. The summed E-state index contributed by atoms with van der Waals surface area (Å²) in [5, 5.41) is 12.1. The van der Waals surface area contributed by atoms with E-state index >= 15 is 0 Å². The number of benzene rings is 2. The summed E-state index contributed by atoms with van der Waals surface area (Å²) in [5.41, 5.74) is 3.86. The lowest BCUT2D eigenvalue weighted by Crippen LogP contribution is -2.14. The van der Waals surface area contributed by atoms with Crippen molar-refractivity contribution in [3.63, 3.8) is 0 Å². The highest BCUT2D eigenvalue weighted by Gasteiger charge is 2.17. The van der Waals surface area contributed by atoms with Crippen LogP contribution in [0, 0.1) is 11.3 Å². The quantitative estimate of drug-likeness (QED) is 0.694. The van der Waals surface area contributed by atoms with E-state index in [1.54, 1.807) is 36.4 Å². The molecule has 0 atom stereocenters. The number of furan rings is 1. The van der Waals surface area contributed by atoms with Gasteiger partial charge in [-0.05, 0) is 67.1 Å². The van der Waals surface area contributed by atoms with Crippen LogP contribution < -0.4 is 10.1 Å². The van der Waals surface area contributed by atoms with Gasteiger partial charge in [0.1, 0.15) is 24.2 Å². The van der Waals surface area contributed by atoms with Crippen LogP contribution in [0.1, 0.15) is 45.8 Å². The van der Waals surface area contributed by atoms with Crippen LogP contribution in [0.3, 0.4) is 0 Å². The second kappa shape index (κ2) is 8.01. The highest BCUT2D eigenvalue weighted by Crippen LogP contribution is 2.28. The third-order valence-electron chi connectivity index (χ3n) is 4.91. The van der Waals surface area contributed by atoms with E-state index in [-0.39, 0.29) is 18.3 Å². The molecule has 1 heterocycles. The first kappa shape index (κ1) is 17.9. The predicted molar refractivity (Wildman–Crippen MR) is 105 cm³/mol. The van der Waals surface area contributed by atoms with E-state index in [2.05, 4.69) is 17.5 Å². The van der Waals surface area contributed by atoms with Crippen molar-refractivity contribution in [2.75, 3.05) is 5.32 Å².